The summed E-state index contributed by atoms with van der Waals surface area (Å²) in [5, 5.41) is 10.6. The Balaban J connectivity index is 1.48. The SMILES string of the molecule is O/C(=C\C1=Nc2cc(CN3CCOCC3)ccc2C2=NCCN12)c1cccnc1. The van der Waals surface area contributed by atoms with Gasteiger partial charge in [0.15, 0.2) is 0 Å². The Kier molecular flexibility index (Phi) is 4.83. The van der Waals surface area contributed by atoms with Gasteiger partial charge in [-0.2, -0.15) is 0 Å². The zero-order valence-corrected chi connectivity index (χ0v) is 16.2. The molecular formula is C22H23N5O2. The number of aliphatic hydroxyl groups is 1. The third-order valence-electron chi connectivity index (χ3n) is 5.39. The van der Waals surface area contributed by atoms with Gasteiger partial charge in [0.2, 0.25) is 0 Å². The number of fused-ring (bicyclic) bond motifs is 3. The molecule has 0 saturated carbocycles. The number of hydrogen-bond donors (Lipinski definition) is 1. The average molecular weight is 389 g/mol. The van der Waals surface area contributed by atoms with Crippen molar-refractivity contribution < 1.29 is 9.84 Å². The molecule has 7 heteroatoms. The fourth-order valence-corrected chi connectivity index (χ4v) is 3.89. The monoisotopic (exact) mass is 389 g/mol. The summed E-state index contributed by atoms with van der Waals surface area (Å²) in [6.07, 6.45) is 5.03. The largest absolute Gasteiger partial charge is 0.507 e. The molecule has 1 aromatic heterocycles. The van der Waals surface area contributed by atoms with Crippen molar-refractivity contribution in [1.82, 2.24) is 14.8 Å². The number of nitrogens with zero attached hydrogens (tertiary/aromatic N) is 5. The number of aromatic nitrogens is 1. The second-order valence-electron chi connectivity index (χ2n) is 7.34. The van der Waals surface area contributed by atoms with Gasteiger partial charge in [-0.05, 0) is 29.8 Å². The maximum absolute atomic E-state index is 10.6. The highest BCUT2D eigenvalue weighted by atomic mass is 16.5. The molecule has 3 aliphatic heterocycles. The molecule has 0 bridgehead atoms. The molecule has 29 heavy (non-hydrogen) atoms. The molecule has 0 amide bonds. The first-order chi connectivity index (χ1) is 14.3. The van der Waals surface area contributed by atoms with Crippen LogP contribution in [0.3, 0.4) is 0 Å². The summed E-state index contributed by atoms with van der Waals surface area (Å²) >= 11 is 0. The van der Waals surface area contributed by atoms with Crippen molar-refractivity contribution in [3.8, 4) is 0 Å². The number of aliphatic hydroxyl groups excluding tert-OH is 1. The number of morpholine rings is 1. The molecular weight excluding hydrogens is 366 g/mol. The quantitative estimate of drug-likeness (QED) is 0.814. The number of ether oxygens (including phenoxy) is 1. The fraction of sp³-hybridized carbons (Fsp3) is 0.318. The maximum atomic E-state index is 10.6. The zero-order valence-electron chi connectivity index (χ0n) is 16.2. The minimum absolute atomic E-state index is 0.149. The average Bonchev–Trinajstić information content (AvgIpc) is 3.25. The first kappa shape index (κ1) is 18.0. The molecule has 3 aliphatic rings. The van der Waals surface area contributed by atoms with Crippen molar-refractivity contribution in [3.05, 3.63) is 65.5 Å². The Morgan fingerprint density at radius 1 is 1.17 bits per heavy atom. The Labute approximate surface area is 169 Å². The lowest BCUT2D eigenvalue weighted by Gasteiger charge is -2.28. The van der Waals surface area contributed by atoms with Gasteiger partial charge in [-0.15, -0.1) is 0 Å². The summed E-state index contributed by atoms with van der Waals surface area (Å²) < 4.78 is 5.44. The van der Waals surface area contributed by atoms with Gasteiger partial charge in [0.05, 0.1) is 25.4 Å². The van der Waals surface area contributed by atoms with Gasteiger partial charge in [-0.1, -0.05) is 6.07 Å². The highest BCUT2D eigenvalue weighted by molar-refractivity contribution is 6.19. The molecule has 0 radical (unpaired) electrons. The van der Waals surface area contributed by atoms with Gasteiger partial charge >= 0.3 is 0 Å². The van der Waals surface area contributed by atoms with Crippen LogP contribution in [0.15, 0.2) is 58.8 Å². The van der Waals surface area contributed by atoms with Crippen LogP contribution >= 0.6 is 0 Å². The van der Waals surface area contributed by atoms with E-state index in [-0.39, 0.29) is 5.76 Å². The minimum atomic E-state index is 0.149. The third kappa shape index (κ3) is 3.66. The maximum Gasteiger partial charge on any atom is 0.138 e. The van der Waals surface area contributed by atoms with Crippen LogP contribution in [0.1, 0.15) is 16.7 Å². The fourth-order valence-electron chi connectivity index (χ4n) is 3.89. The highest BCUT2D eigenvalue weighted by Crippen LogP contribution is 2.31. The lowest BCUT2D eigenvalue weighted by Crippen LogP contribution is -2.37. The van der Waals surface area contributed by atoms with E-state index in [2.05, 4.69) is 38.0 Å². The molecule has 4 heterocycles. The van der Waals surface area contributed by atoms with Crippen LogP contribution < -0.4 is 0 Å². The van der Waals surface area contributed by atoms with Gasteiger partial charge in [-0.3, -0.25) is 14.9 Å². The summed E-state index contributed by atoms with van der Waals surface area (Å²) in [5.74, 6) is 1.79. The van der Waals surface area contributed by atoms with E-state index in [0.717, 1.165) is 63.0 Å². The van der Waals surface area contributed by atoms with E-state index >= 15 is 0 Å². The minimum Gasteiger partial charge on any atom is -0.507 e. The molecule has 2 aromatic rings. The molecule has 1 saturated heterocycles. The van der Waals surface area contributed by atoms with E-state index in [4.69, 9.17) is 9.73 Å². The normalized spacial score (nSPS) is 19.4. The van der Waals surface area contributed by atoms with Gasteiger partial charge in [0.25, 0.3) is 0 Å². The van der Waals surface area contributed by atoms with E-state index < -0.39 is 0 Å². The lowest BCUT2D eigenvalue weighted by atomic mass is 10.0. The van der Waals surface area contributed by atoms with Crippen LogP contribution in [0.5, 0.6) is 0 Å². The first-order valence-corrected chi connectivity index (χ1v) is 9.93. The molecule has 148 valence electrons. The number of benzene rings is 1. The summed E-state index contributed by atoms with van der Waals surface area (Å²) in [6.45, 7) is 5.86. The topological polar surface area (TPSA) is 73.6 Å². The Bertz CT molecular complexity index is 994. The van der Waals surface area contributed by atoms with E-state index in [1.807, 2.05) is 6.07 Å². The lowest BCUT2D eigenvalue weighted by molar-refractivity contribution is 0.0342. The summed E-state index contributed by atoms with van der Waals surface area (Å²) in [4.78, 5) is 18.1. The van der Waals surface area contributed by atoms with Crippen LogP contribution in [0.2, 0.25) is 0 Å². The van der Waals surface area contributed by atoms with Crippen LogP contribution in [0.4, 0.5) is 5.69 Å². The van der Waals surface area contributed by atoms with Gasteiger partial charge < -0.3 is 14.7 Å². The molecule has 1 aromatic carbocycles. The second kappa shape index (κ2) is 7.77. The van der Waals surface area contributed by atoms with Gasteiger partial charge in [0, 0.05) is 55.8 Å². The van der Waals surface area contributed by atoms with Crippen molar-refractivity contribution in [2.24, 2.45) is 9.98 Å². The third-order valence-corrected chi connectivity index (χ3v) is 5.39. The predicted molar refractivity (Wildman–Crippen MR) is 113 cm³/mol. The smallest absolute Gasteiger partial charge is 0.138 e. The molecule has 0 aliphatic carbocycles. The Morgan fingerprint density at radius 2 is 2.07 bits per heavy atom. The second-order valence-corrected chi connectivity index (χ2v) is 7.34. The summed E-state index contributed by atoms with van der Waals surface area (Å²) in [6, 6.07) is 10.1. The van der Waals surface area contributed by atoms with Crippen molar-refractivity contribution in [3.63, 3.8) is 0 Å². The molecule has 0 spiro atoms. The van der Waals surface area contributed by atoms with Crippen LogP contribution in [0, 0.1) is 0 Å². The molecule has 0 atom stereocenters. The van der Waals surface area contributed by atoms with Crippen molar-refractivity contribution in [1.29, 1.82) is 0 Å². The van der Waals surface area contributed by atoms with Gasteiger partial charge in [0.1, 0.15) is 17.4 Å². The van der Waals surface area contributed by atoms with Crippen LogP contribution in [0.25, 0.3) is 5.76 Å². The standard InChI is InChI=1S/C22H23N5O2/c28-20(17-2-1-5-23-14-17)13-21-25-19-12-16(15-26-8-10-29-11-9-26)3-4-18(19)22-24-6-7-27(21)22/h1-5,12-14,28H,6-11,15H2/b20-13-. The molecule has 7 nitrogen and oxygen atoms in total. The van der Waals surface area contributed by atoms with Crippen LogP contribution in [-0.4, -0.2) is 71.0 Å². The van der Waals surface area contributed by atoms with E-state index in [0.29, 0.717) is 11.4 Å². The number of amidine groups is 2. The van der Waals surface area contributed by atoms with Crippen molar-refractivity contribution in [2.75, 3.05) is 39.4 Å². The van der Waals surface area contributed by atoms with Gasteiger partial charge in [-0.25, -0.2) is 4.99 Å². The highest BCUT2D eigenvalue weighted by Gasteiger charge is 2.29. The van der Waals surface area contributed by atoms with E-state index in [1.54, 1.807) is 24.5 Å². The zero-order chi connectivity index (χ0) is 19.6. The summed E-state index contributed by atoms with van der Waals surface area (Å²) in [7, 11) is 0. The molecule has 1 N–H and O–H groups in total. The van der Waals surface area contributed by atoms with E-state index in [1.165, 1.54) is 5.56 Å². The van der Waals surface area contributed by atoms with Crippen molar-refractivity contribution in [2.45, 2.75) is 6.54 Å². The molecule has 5 rings (SSSR count). The number of aliphatic imine (C=N–C) groups is 2. The Morgan fingerprint density at radius 3 is 2.90 bits per heavy atom. The number of hydrogen-bond acceptors (Lipinski definition) is 7. The first-order valence-electron chi connectivity index (χ1n) is 9.93. The summed E-state index contributed by atoms with van der Waals surface area (Å²) in [5.41, 5.74) is 3.84. The molecule has 1 fully saturated rings. The van der Waals surface area contributed by atoms with Crippen molar-refractivity contribution >= 4 is 23.1 Å². The Hall–Kier alpha value is -3.03. The molecule has 0 unspecified atom stereocenters. The van der Waals surface area contributed by atoms with Crippen LogP contribution in [-0.2, 0) is 11.3 Å². The predicted octanol–water partition coefficient (Wildman–Crippen LogP) is 2.62. The number of rotatable bonds is 4. The number of pyridine rings is 1. The van der Waals surface area contributed by atoms with E-state index in [9.17, 15) is 5.11 Å².